The van der Waals surface area contributed by atoms with Crippen LogP contribution in [-0.2, 0) is 0 Å². The van der Waals surface area contributed by atoms with Gasteiger partial charge in [-0.05, 0) is 41.3 Å². The SMILES string of the molecule is C#CCC1=CCC(c2ccc(-c3cc(F)c(F)c(F)c3)c(F)c2)C=C1. The molecule has 0 bridgehead atoms. The van der Waals surface area contributed by atoms with Gasteiger partial charge in [-0.3, -0.25) is 0 Å². The number of halogens is 4. The summed E-state index contributed by atoms with van der Waals surface area (Å²) >= 11 is 0. The van der Waals surface area contributed by atoms with Gasteiger partial charge < -0.3 is 0 Å². The monoisotopic (exact) mass is 342 g/mol. The normalized spacial score (nSPS) is 16.4. The maximum absolute atomic E-state index is 14.4. The number of hydrogen-bond donors (Lipinski definition) is 0. The molecule has 0 spiro atoms. The number of benzene rings is 2. The number of rotatable bonds is 3. The molecular weight excluding hydrogens is 328 g/mol. The zero-order valence-electron chi connectivity index (χ0n) is 13.2. The molecule has 126 valence electrons. The summed E-state index contributed by atoms with van der Waals surface area (Å²) in [5, 5.41) is 0. The van der Waals surface area contributed by atoms with Crippen LogP contribution in [0.2, 0.25) is 0 Å². The maximum atomic E-state index is 14.4. The fourth-order valence-electron chi connectivity index (χ4n) is 2.87. The molecule has 0 radical (unpaired) electrons. The molecule has 1 atom stereocenters. The van der Waals surface area contributed by atoms with Gasteiger partial charge in [0, 0.05) is 17.9 Å². The van der Waals surface area contributed by atoms with E-state index in [1.54, 1.807) is 6.07 Å². The lowest BCUT2D eigenvalue weighted by molar-refractivity contribution is 0.447. The lowest BCUT2D eigenvalue weighted by atomic mass is 9.88. The summed E-state index contributed by atoms with van der Waals surface area (Å²) in [5.74, 6) is -2.30. The fraction of sp³-hybridized carbons (Fsp3) is 0.143. The first kappa shape index (κ1) is 17.0. The summed E-state index contributed by atoms with van der Waals surface area (Å²) in [5.41, 5.74) is 1.77. The molecule has 0 saturated heterocycles. The van der Waals surface area contributed by atoms with Gasteiger partial charge in [-0.25, -0.2) is 17.6 Å². The summed E-state index contributed by atoms with van der Waals surface area (Å²) in [7, 11) is 0. The predicted octanol–water partition coefficient (Wildman–Crippen LogP) is 5.90. The second-order valence-electron chi connectivity index (χ2n) is 5.85. The molecule has 2 aromatic rings. The van der Waals surface area contributed by atoms with Crippen molar-refractivity contribution in [3.8, 4) is 23.5 Å². The molecule has 0 amide bonds. The molecule has 0 nitrogen and oxygen atoms in total. The predicted molar refractivity (Wildman–Crippen MR) is 89.7 cm³/mol. The molecule has 1 aliphatic rings. The quantitative estimate of drug-likeness (QED) is 0.370. The van der Waals surface area contributed by atoms with Crippen molar-refractivity contribution in [1.82, 2.24) is 0 Å². The van der Waals surface area contributed by atoms with Crippen molar-refractivity contribution in [2.24, 2.45) is 0 Å². The summed E-state index contributed by atoms with van der Waals surface area (Å²) in [6, 6.07) is 6.05. The van der Waals surface area contributed by atoms with Gasteiger partial charge >= 0.3 is 0 Å². The van der Waals surface area contributed by atoms with E-state index in [-0.39, 0.29) is 17.0 Å². The van der Waals surface area contributed by atoms with Crippen LogP contribution < -0.4 is 0 Å². The molecule has 2 aromatic carbocycles. The Kier molecular flexibility index (Phi) is 4.76. The highest BCUT2D eigenvalue weighted by Gasteiger charge is 2.17. The van der Waals surface area contributed by atoms with Gasteiger partial charge in [0.15, 0.2) is 17.5 Å². The molecule has 0 fully saturated rings. The van der Waals surface area contributed by atoms with Crippen LogP contribution in [0.15, 0.2) is 54.1 Å². The molecule has 1 aliphatic carbocycles. The van der Waals surface area contributed by atoms with Crippen molar-refractivity contribution in [1.29, 1.82) is 0 Å². The van der Waals surface area contributed by atoms with E-state index in [9.17, 15) is 17.6 Å². The Hall–Kier alpha value is -2.80. The lowest BCUT2D eigenvalue weighted by Gasteiger charge is -2.17. The van der Waals surface area contributed by atoms with Crippen molar-refractivity contribution in [2.75, 3.05) is 0 Å². The van der Waals surface area contributed by atoms with Crippen LogP contribution in [0.3, 0.4) is 0 Å². The van der Waals surface area contributed by atoms with E-state index in [1.165, 1.54) is 12.1 Å². The number of allylic oxidation sites excluding steroid dienone is 4. The van der Waals surface area contributed by atoms with Crippen LogP contribution >= 0.6 is 0 Å². The Bertz CT molecular complexity index is 893. The van der Waals surface area contributed by atoms with Crippen molar-refractivity contribution < 1.29 is 17.6 Å². The van der Waals surface area contributed by atoms with Gasteiger partial charge in [-0.2, -0.15) is 0 Å². The Balaban J connectivity index is 1.88. The molecular formula is C21H14F4. The smallest absolute Gasteiger partial charge is 0.194 e. The topological polar surface area (TPSA) is 0 Å². The Morgan fingerprint density at radius 1 is 1.00 bits per heavy atom. The second kappa shape index (κ2) is 6.98. The zero-order valence-corrected chi connectivity index (χ0v) is 13.2. The molecule has 0 heterocycles. The first-order chi connectivity index (χ1) is 12.0. The summed E-state index contributed by atoms with van der Waals surface area (Å²) in [4.78, 5) is 0. The van der Waals surface area contributed by atoms with E-state index in [1.807, 2.05) is 18.2 Å². The van der Waals surface area contributed by atoms with Crippen molar-refractivity contribution >= 4 is 0 Å². The number of hydrogen-bond acceptors (Lipinski definition) is 0. The van der Waals surface area contributed by atoms with Gasteiger partial charge in [-0.15, -0.1) is 12.3 Å². The third kappa shape index (κ3) is 3.51. The molecule has 0 aliphatic heterocycles. The first-order valence-electron chi connectivity index (χ1n) is 7.74. The maximum Gasteiger partial charge on any atom is 0.194 e. The molecule has 4 heteroatoms. The third-order valence-electron chi connectivity index (χ3n) is 4.20. The van der Waals surface area contributed by atoms with E-state index < -0.39 is 23.3 Å². The molecule has 0 saturated carbocycles. The highest BCUT2D eigenvalue weighted by atomic mass is 19.2. The largest absolute Gasteiger partial charge is 0.206 e. The summed E-state index contributed by atoms with van der Waals surface area (Å²) in [6.07, 6.45) is 12.4. The highest BCUT2D eigenvalue weighted by Crippen LogP contribution is 2.32. The van der Waals surface area contributed by atoms with Gasteiger partial charge in [0.1, 0.15) is 5.82 Å². The van der Waals surface area contributed by atoms with Crippen LogP contribution in [0.5, 0.6) is 0 Å². The first-order valence-corrected chi connectivity index (χ1v) is 7.74. The van der Waals surface area contributed by atoms with Gasteiger partial charge in [0.2, 0.25) is 0 Å². The third-order valence-corrected chi connectivity index (χ3v) is 4.20. The zero-order chi connectivity index (χ0) is 18.0. The Morgan fingerprint density at radius 2 is 1.72 bits per heavy atom. The minimum atomic E-state index is -1.57. The van der Waals surface area contributed by atoms with Crippen LogP contribution in [0.25, 0.3) is 11.1 Å². The molecule has 0 aromatic heterocycles. The average molecular weight is 342 g/mol. The van der Waals surface area contributed by atoms with Gasteiger partial charge in [0.05, 0.1) is 0 Å². The Labute approximate surface area is 143 Å². The van der Waals surface area contributed by atoms with E-state index in [2.05, 4.69) is 5.92 Å². The standard InChI is InChI=1S/C21H14F4/c1-2-3-13-4-6-14(7-5-13)15-8-9-17(18(22)10-15)16-11-19(23)21(25)20(24)12-16/h1,4-6,8-12,14H,3,7H2. The van der Waals surface area contributed by atoms with Crippen molar-refractivity contribution in [3.63, 3.8) is 0 Å². The van der Waals surface area contributed by atoms with Crippen molar-refractivity contribution in [2.45, 2.75) is 18.8 Å². The fourth-order valence-corrected chi connectivity index (χ4v) is 2.87. The lowest BCUT2D eigenvalue weighted by Crippen LogP contribution is -2.00. The molecule has 0 N–H and O–H groups in total. The van der Waals surface area contributed by atoms with E-state index >= 15 is 0 Å². The minimum Gasteiger partial charge on any atom is -0.206 e. The van der Waals surface area contributed by atoms with Crippen LogP contribution in [0, 0.1) is 35.6 Å². The molecule has 25 heavy (non-hydrogen) atoms. The van der Waals surface area contributed by atoms with Crippen LogP contribution in [-0.4, -0.2) is 0 Å². The average Bonchev–Trinajstić information content (AvgIpc) is 2.60. The molecule has 1 unspecified atom stereocenters. The van der Waals surface area contributed by atoms with Crippen molar-refractivity contribution in [3.05, 3.63) is 83.0 Å². The van der Waals surface area contributed by atoms with Gasteiger partial charge in [-0.1, -0.05) is 30.4 Å². The highest BCUT2D eigenvalue weighted by molar-refractivity contribution is 5.65. The van der Waals surface area contributed by atoms with Gasteiger partial charge in [0.25, 0.3) is 0 Å². The minimum absolute atomic E-state index is 0.00626. The second-order valence-corrected chi connectivity index (χ2v) is 5.85. The van der Waals surface area contributed by atoms with E-state index in [0.29, 0.717) is 12.8 Å². The van der Waals surface area contributed by atoms with E-state index in [4.69, 9.17) is 6.42 Å². The van der Waals surface area contributed by atoms with Crippen LogP contribution in [0.4, 0.5) is 17.6 Å². The summed E-state index contributed by atoms with van der Waals surface area (Å²) in [6.45, 7) is 0. The molecule has 3 rings (SSSR count). The summed E-state index contributed by atoms with van der Waals surface area (Å²) < 4.78 is 54.2. The Morgan fingerprint density at radius 3 is 2.28 bits per heavy atom. The van der Waals surface area contributed by atoms with Crippen LogP contribution in [0.1, 0.15) is 24.3 Å². The van der Waals surface area contributed by atoms with E-state index in [0.717, 1.165) is 23.3 Å². The number of terminal acetylenes is 1.